The highest BCUT2D eigenvalue weighted by molar-refractivity contribution is 7.89. The third-order valence-corrected chi connectivity index (χ3v) is 7.83. The number of hydrogen-bond donors (Lipinski definition) is 0. The van der Waals surface area contributed by atoms with Gasteiger partial charge in [0, 0.05) is 29.4 Å². The summed E-state index contributed by atoms with van der Waals surface area (Å²) in [6, 6.07) is 14.6. The summed E-state index contributed by atoms with van der Waals surface area (Å²) in [6.07, 6.45) is 4.13. The Morgan fingerprint density at radius 2 is 1.79 bits per heavy atom. The average molecular weight is 416 g/mol. The quantitative estimate of drug-likeness (QED) is 0.599. The second kappa shape index (κ2) is 7.86. The third kappa shape index (κ3) is 4.09. The van der Waals surface area contributed by atoms with E-state index in [1.807, 2.05) is 56.3 Å². The van der Waals surface area contributed by atoms with E-state index in [1.54, 1.807) is 16.4 Å². The standard InChI is InChI=1S/C23H26ClNO2S/c1-17(2)23(4)16-25(28(26,27)22-13-5-18(3)6-14-22)15-20(23)10-7-19-8-11-21(24)12-9-19/h5-14,20H,1,15-16H2,2-4H3/b10-7+/t20-,23-/m0/s1. The third-order valence-electron chi connectivity index (χ3n) is 5.75. The van der Waals surface area contributed by atoms with Crippen LogP contribution in [-0.4, -0.2) is 25.8 Å². The number of aryl methyl sites for hydroxylation is 1. The van der Waals surface area contributed by atoms with Gasteiger partial charge in [-0.2, -0.15) is 4.31 Å². The van der Waals surface area contributed by atoms with Crippen LogP contribution in [0.3, 0.4) is 0 Å². The van der Waals surface area contributed by atoms with Crippen molar-refractivity contribution in [2.75, 3.05) is 13.1 Å². The number of sulfonamides is 1. The van der Waals surface area contributed by atoms with Crippen LogP contribution in [0.5, 0.6) is 0 Å². The fourth-order valence-electron chi connectivity index (χ4n) is 3.54. The zero-order valence-corrected chi connectivity index (χ0v) is 18.1. The van der Waals surface area contributed by atoms with E-state index in [0.29, 0.717) is 23.0 Å². The lowest BCUT2D eigenvalue weighted by Gasteiger charge is -2.29. The number of halogens is 1. The van der Waals surface area contributed by atoms with Gasteiger partial charge in [0.1, 0.15) is 0 Å². The van der Waals surface area contributed by atoms with Crippen molar-refractivity contribution in [2.45, 2.75) is 25.7 Å². The van der Waals surface area contributed by atoms with Crippen molar-refractivity contribution >= 4 is 27.7 Å². The van der Waals surface area contributed by atoms with Crippen molar-refractivity contribution in [3.05, 3.63) is 82.9 Å². The molecule has 3 nitrogen and oxygen atoms in total. The van der Waals surface area contributed by atoms with Crippen LogP contribution in [0.4, 0.5) is 0 Å². The Hall–Kier alpha value is -1.88. The molecule has 2 aromatic carbocycles. The first-order valence-corrected chi connectivity index (χ1v) is 11.1. The highest BCUT2D eigenvalue weighted by Gasteiger charge is 2.46. The monoisotopic (exact) mass is 415 g/mol. The summed E-state index contributed by atoms with van der Waals surface area (Å²) in [6.45, 7) is 11.0. The van der Waals surface area contributed by atoms with Crippen molar-refractivity contribution < 1.29 is 8.42 Å². The summed E-state index contributed by atoms with van der Waals surface area (Å²) in [5, 5.41) is 0.695. The Morgan fingerprint density at radius 3 is 2.36 bits per heavy atom. The Morgan fingerprint density at radius 1 is 1.18 bits per heavy atom. The first-order chi connectivity index (χ1) is 13.1. The normalized spacial score (nSPS) is 23.4. The minimum Gasteiger partial charge on any atom is -0.207 e. The van der Waals surface area contributed by atoms with Gasteiger partial charge in [-0.3, -0.25) is 0 Å². The molecule has 0 bridgehead atoms. The molecule has 0 aromatic heterocycles. The number of benzene rings is 2. The topological polar surface area (TPSA) is 37.4 Å². The molecule has 3 rings (SSSR count). The van der Waals surface area contributed by atoms with E-state index in [2.05, 4.69) is 19.6 Å². The molecule has 1 saturated heterocycles. The average Bonchev–Trinajstić information content (AvgIpc) is 3.01. The van der Waals surface area contributed by atoms with Crippen LogP contribution < -0.4 is 0 Å². The number of rotatable bonds is 5. The molecule has 148 valence electrons. The van der Waals surface area contributed by atoms with Crippen molar-refractivity contribution in [1.82, 2.24) is 4.31 Å². The summed E-state index contributed by atoms with van der Waals surface area (Å²) in [7, 11) is -3.54. The van der Waals surface area contributed by atoms with Gasteiger partial charge in [-0.25, -0.2) is 8.42 Å². The molecule has 1 fully saturated rings. The molecular formula is C23H26ClNO2S. The molecule has 2 aromatic rings. The van der Waals surface area contributed by atoms with Crippen LogP contribution >= 0.6 is 11.6 Å². The Balaban J connectivity index is 1.89. The fourth-order valence-corrected chi connectivity index (χ4v) is 5.24. The predicted molar refractivity (Wildman–Crippen MR) is 117 cm³/mol. The van der Waals surface area contributed by atoms with Crippen LogP contribution in [-0.2, 0) is 10.0 Å². The second-order valence-corrected chi connectivity index (χ2v) is 10.2. The molecule has 0 amide bonds. The van der Waals surface area contributed by atoms with Crippen LogP contribution in [0.1, 0.15) is 25.0 Å². The zero-order chi connectivity index (χ0) is 20.5. The Kier molecular flexibility index (Phi) is 5.85. The molecule has 0 radical (unpaired) electrons. The van der Waals surface area contributed by atoms with Crippen molar-refractivity contribution in [2.24, 2.45) is 11.3 Å². The van der Waals surface area contributed by atoms with Crippen LogP contribution in [0.2, 0.25) is 5.02 Å². The maximum Gasteiger partial charge on any atom is 0.243 e. The maximum atomic E-state index is 13.2. The van der Waals surface area contributed by atoms with Crippen LogP contribution in [0, 0.1) is 18.3 Å². The minimum absolute atomic E-state index is 0.0425. The van der Waals surface area contributed by atoms with E-state index in [-0.39, 0.29) is 11.3 Å². The van der Waals surface area contributed by atoms with E-state index in [9.17, 15) is 8.42 Å². The van der Waals surface area contributed by atoms with Crippen molar-refractivity contribution in [3.8, 4) is 0 Å². The zero-order valence-electron chi connectivity index (χ0n) is 16.5. The van der Waals surface area contributed by atoms with Gasteiger partial charge in [-0.1, -0.05) is 72.7 Å². The Bertz CT molecular complexity index is 994. The van der Waals surface area contributed by atoms with E-state index >= 15 is 0 Å². The minimum atomic E-state index is -3.54. The predicted octanol–water partition coefficient (Wildman–Crippen LogP) is 5.56. The van der Waals surface area contributed by atoms with Gasteiger partial charge >= 0.3 is 0 Å². The highest BCUT2D eigenvalue weighted by atomic mass is 35.5. The van der Waals surface area contributed by atoms with Gasteiger partial charge < -0.3 is 0 Å². The fraction of sp³-hybridized carbons (Fsp3) is 0.304. The lowest BCUT2D eigenvalue weighted by Crippen LogP contribution is -2.31. The molecule has 1 heterocycles. The van der Waals surface area contributed by atoms with Gasteiger partial charge in [0.2, 0.25) is 10.0 Å². The van der Waals surface area contributed by atoms with Gasteiger partial charge in [-0.05, 0) is 43.7 Å². The van der Waals surface area contributed by atoms with Gasteiger partial charge in [0.15, 0.2) is 0 Å². The first-order valence-electron chi connectivity index (χ1n) is 9.29. The summed E-state index contributed by atoms with van der Waals surface area (Å²) in [5.74, 6) is 0.0425. The maximum absolute atomic E-state index is 13.2. The summed E-state index contributed by atoms with van der Waals surface area (Å²) >= 11 is 5.95. The molecule has 0 spiro atoms. The van der Waals surface area contributed by atoms with E-state index in [1.165, 1.54) is 0 Å². The second-order valence-electron chi connectivity index (χ2n) is 7.83. The molecule has 5 heteroatoms. The molecule has 1 aliphatic rings. The van der Waals surface area contributed by atoms with Gasteiger partial charge in [0.05, 0.1) is 4.90 Å². The lowest BCUT2D eigenvalue weighted by molar-refractivity contribution is 0.360. The summed E-state index contributed by atoms with van der Waals surface area (Å²) in [4.78, 5) is 0.337. The van der Waals surface area contributed by atoms with E-state index in [4.69, 9.17) is 11.6 Å². The lowest BCUT2D eigenvalue weighted by atomic mass is 9.74. The van der Waals surface area contributed by atoms with Gasteiger partial charge in [0.25, 0.3) is 0 Å². The number of hydrogen-bond acceptors (Lipinski definition) is 2. The smallest absolute Gasteiger partial charge is 0.207 e. The van der Waals surface area contributed by atoms with Gasteiger partial charge in [-0.15, -0.1) is 0 Å². The molecular weight excluding hydrogens is 390 g/mol. The number of nitrogens with zero attached hydrogens (tertiary/aromatic N) is 1. The molecule has 1 aliphatic heterocycles. The van der Waals surface area contributed by atoms with Crippen molar-refractivity contribution in [1.29, 1.82) is 0 Å². The molecule has 28 heavy (non-hydrogen) atoms. The van der Waals surface area contributed by atoms with E-state index in [0.717, 1.165) is 16.7 Å². The van der Waals surface area contributed by atoms with Crippen LogP contribution in [0.15, 0.2) is 71.7 Å². The molecule has 0 unspecified atom stereocenters. The van der Waals surface area contributed by atoms with E-state index < -0.39 is 10.0 Å². The van der Waals surface area contributed by atoms with Crippen LogP contribution in [0.25, 0.3) is 6.08 Å². The molecule has 0 N–H and O–H groups in total. The Labute approximate surface area is 173 Å². The first kappa shape index (κ1) is 20.8. The SMILES string of the molecule is C=C(C)[C@]1(C)CN(S(=O)(=O)c2ccc(C)cc2)C[C@@H]1/C=C/c1ccc(Cl)cc1. The van der Waals surface area contributed by atoms with Crippen molar-refractivity contribution in [3.63, 3.8) is 0 Å². The molecule has 2 atom stereocenters. The molecule has 0 saturated carbocycles. The largest absolute Gasteiger partial charge is 0.243 e. The summed E-state index contributed by atoms with van der Waals surface area (Å²) < 4.78 is 27.9. The molecule has 0 aliphatic carbocycles. The highest BCUT2D eigenvalue weighted by Crippen LogP contribution is 2.44. The summed E-state index contributed by atoms with van der Waals surface area (Å²) in [5.41, 5.74) is 2.74.